The van der Waals surface area contributed by atoms with Gasteiger partial charge in [0.15, 0.2) is 5.69 Å². The van der Waals surface area contributed by atoms with E-state index in [0.717, 1.165) is 0 Å². The van der Waals surface area contributed by atoms with E-state index in [1.807, 2.05) is 20.8 Å². The van der Waals surface area contributed by atoms with Crippen molar-refractivity contribution in [3.63, 3.8) is 0 Å². The maximum atomic E-state index is 11.8. The van der Waals surface area contributed by atoms with Gasteiger partial charge in [0.2, 0.25) is 10.0 Å². The van der Waals surface area contributed by atoms with Crippen LogP contribution in [0.15, 0.2) is 12.5 Å². The van der Waals surface area contributed by atoms with Crippen molar-refractivity contribution in [3.8, 4) is 0 Å². The normalized spacial score (nSPS) is 12.6. The zero-order chi connectivity index (χ0) is 15.4. The summed E-state index contributed by atoms with van der Waals surface area (Å²) >= 11 is 0. The number of aromatic nitrogens is 2. The Hall–Kier alpha value is -1.41. The molecule has 1 aromatic rings. The number of rotatable bonds is 7. The van der Waals surface area contributed by atoms with Crippen molar-refractivity contribution >= 4 is 16.0 Å². The Balaban J connectivity index is 2.41. The lowest BCUT2D eigenvalue weighted by molar-refractivity contribution is 0.0691. The van der Waals surface area contributed by atoms with Crippen molar-refractivity contribution in [2.45, 2.75) is 33.7 Å². The summed E-state index contributed by atoms with van der Waals surface area (Å²) in [5, 5.41) is 8.71. The van der Waals surface area contributed by atoms with Gasteiger partial charge < -0.3 is 9.67 Å². The molecule has 1 aromatic heterocycles. The third-order valence-electron chi connectivity index (χ3n) is 2.67. The fraction of sp³-hybridized carbons (Fsp3) is 0.667. The van der Waals surface area contributed by atoms with Crippen LogP contribution >= 0.6 is 0 Å². The van der Waals surface area contributed by atoms with E-state index >= 15 is 0 Å². The Bertz CT molecular complexity index is 558. The number of carboxylic acid groups (broad SMARTS) is 1. The predicted molar refractivity (Wildman–Crippen MR) is 75.0 cm³/mol. The number of hydrogen-bond acceptors (Lipinski definition) is 4. The first-order valence-corrected chi connectivity index (χ1v) is 7.97. The van der Waals surface area contributed by atoms with Crippen LogP contribution in [-0.4, -0.2) is 41.3 Å². The Labute approximate surface area is 119 Å². The number of nitrogens with zero attached hydrogens (tertiary/aromatic N) is 2. The minimum absolute atomic E-state index is 0.0323. The summed E-state index contributed by atoms with van der Waals surface area (Å²) in [6.07, 6.45) is 3.31. The van der Waals surface area contributed by atoms with Gasteiger partial charge >= 0.3 is 5.97 Å². The molecule has 0 bridgehead atoms. The molecule has 0 spiro atoms. The lowest BCUT2D eigenvalue weighted by Crippen LogP contribution is -2.30. The van der Waals surface area contributed by atoms with Crippen molar-refractivity contribution in [3.05, 3.63) is 18.2 Å². The van der Waals surface area contributed by atoms with Crippen LogP contribution in [0.1, 0.15) is 37.7 Å². The average molecular weight is 303 g/mol. The number of sulfonamides is 1. The maximum Gasteiger partial charge on any atom is 0.356 e. The Kier molecular flexibility index (Phi) is 5.29. The second-order valence-corrected chi connectivity index (χ2v) is 7.75. The lowest BCUT2D eigenvalue weighted by Gasteiger charge is -2.17. The zero-order valence-electron chi connectivity index (χ0n) is 12.0. The maximum absolute atomic E-state index is 11.8. The van der Waals surface area contributed by atoms with Crippen molar-refractivity contribution in [1.29, 1.82) is 0 Å². The molecule has 114 valence electrons. The monoisotopic (exact) mass is 303 g/mol. The predicted octanol–water partition coefficient (Wildman–Crippen LogP) is 0.937. The zero-order valence-corrected chi connectivity index (χ0v) is 12.8. The first-order valence-electron chi connectivity index (χ1n) is 6.31. The minimum Gasteiger partial charge on any atom is -0.476 e. The van der Waals surface area contributed by atoms with Gasteiger partial charge in [-0.1, -0.05) is 20.8 Å². The first kappa shape index (κ1) is 16.6. The summed E-state index contributed by atoms with van der Waals surface area (Å²) in [5.74, 6) is -1.02. The molecule has 0 aromatic carbocycles. The first-order chi connectivity index (χ1) is 9.09. The third-order valence-corrected chi connectivity index (χ3v) is 4.05. The standard InChI is InChI=1S/C12H21N3O4S/c1-12(2,3)4-7-20(18,19)14-5-6-15-8-10(11(16)17)13-9-15/h8-9,14H,4-7H2,1-3H3,(H,16,17). The van der Waals surface area contributed by atoms with Gasteiger partial charge in [-0.2, -0.15) is 0 Å². The van der Waals surface area contributed by atoms with E-state index in [4.69, 9.17) is 5.11 Å². The molecule has 0 aliphatic carbocycles. The van der Waals surface area contributed by atoms with E-state index in [1.54, 1.807) is 0 Å². The van der Waals surface area contributed by atoms with Crippen LogP contribution in [0.4, 0.5) is 0 Å². The molecule has 0 fully saturated rings. The SMILES string of the molecule is CC(C)(C)CCS(=O)(=O)NCCn1cnc(C(=O)O)c1. The van der Waals surface area contributed by atoms with Gasteiger partial charge in [0.25, 0.3) is 0 Å². The summed E-state index contributed by atoms with van der Waals surface area (Å²) in [5.41, 5.74) is -0.0873. The highest BCUT2D eigenvalue weighted by Crippen LogP contribution is 2.18. The average Bonchev–Trinajstić information content (AvgIpc) is 2.74. The fourth-order valence-corrected chi connectivity index (χ4v) is 2.86. The summed E-state index contributed by atoms with van der Waals surface area (Å²) in [6, 6.07) is 0. The van der Waals surface area contributed by atoms with E-state index in [-0.39, 0.29) is 23.4 Å². The highest BCUT2D eigenvalue weighted by atomic mass is 32.2. The van der Waals surface area contributed by atoms with Crippen LogP contribution in [0.2, 0.25) is 0 Å². The molecule has 0 radical (unpaired) electrons. The van der Waals surface area contributed by atoms with Gasteiger partial charge in [0.05, 0.1) is 12.1 Å². The van der Waals surface area contributed by atoms with Crippen molar-refractivity contribution in [2.75, 3.05) is 12.3 Å². The summed E-state index contributed by atoms with van der Waals surface area (Å²) < 4.78 is 27.5. The van der Waals surface area contributed by atoms with Gasteiger partial charge in [-0.3, -0.25) is 0 Å². The molecule has 0 atom stereocenters. The van der Waals surface area contributed by atoms with Crippen LogP contribution in [0.3, 0.4) is 0 Å². The van der Waals surface area contributed by atoms with Crippen LogP contribution in [0, 0.1) is 5.41 Å². The van der Waals surface area contributed by atoms with E-state index in [0.29, 0.717) is 13.0 Å². The van der Waals surface area contributed by atoms with Crippen LogP contribution in [0.5, 0.6) is 0 Å². The van der Waals surface area contributed by atoms with Gasteiger partial charge in [-0.25, -0.2) is 22.9 Å². The molecule has 1 rings (SSSR count). The Morgan fingerprint density at radius 2 is 2.10 bits per heavy atom. The van der Waals surface area contributed by atoms with Crippen molar-refractivity contribution in [1.82, 2.24) is 14.3 Å². The van der Waals surface area contributed by atoms with Crippen molar-refractivity contribution < 1.29 is 18.3 Å². The largest absolute Gasteiger partial charge is 0.476 e. The summed E-state index contributed by atoms with van der Waals surface area (Å²) in [4.78, 5) is 14.3. The molecule has 7 nitrogen and oxygen atoms in total. The molecule has 1 heterocycles. The molecule has 0 aliphatic rings. The van der Waals surface area contributed by atoms with E-state index in [9.17, 15) is 13.2 Å². The Morgan fingerprint density at radius 1 is 1.45 bits per heavy atom. The lowest BCUT2D eigenvalue weighted by atomic mass is 9.94. The molecule has 0 aliphatic heterocycles. The third kappa shape index (κ3) is 6.16. The van der Waals surface area contributed by atoms with Crippen LogP contribution in [0.25, 0.3) is 0 Å². The fourth-order valence-electron chi connectivity index (χ4n) is 1.44. The molecule has 0 amide bonds. The van der Waals surface area contributed by atoms with E-state index in [2.05, 4.69) is 9.71 Å². The molecule has 2 N–H and O–H groups in total. The number of nitrogens with one attached hydrogen (secondary N) is 1. The van der Waals surface area contributed by atoms with Gasteiger partial charge in [0.1, 0.15) is 0 Å². The second kappa shape index (κ2) is 6.36. The Morgan fingerprint density at radius 3 is 2.60 bits per heavy atom. The number of hydrogen-bond donors (Lipinski definition) is 2. The van der Waals surface area contributed by atoms with E-state index in [1.165, 1.54) is 17.1 Å². The molecule has 0 unspecified atom stereocenters. The topological polar surface area (TPSA) is 101 Å². The highest BCUT2D eigenvalue weighted by molar-refractivity contribution is 7.89. The highest BCUT2D eigenvalue weighted by Gasteiger charge is 2.16. The van der Waals surface area contributed by atoms with Gasteiger partial charge in [-0.15, -0.1) is 0 Å². The molecule has 8 heteroatoms. The van der Waals surface area contributed by atoms with Gasteiger partial charge in [0, 0.05) is 19.3 Å². The minimum atomic E-state index is -3.29. The number of aromatic carboxylic acids is 1. The molecule has 0 saturated heterocycles. The van der Waals surface area contributed by atoms with Gasteiger partial charge in [-0.05, 0) is 11.8 Å². The summed E-state index contributed by atoms with van der Waals surface area (Å²) in [7, 11) is -3.29. The summed E-state index contributed by atoms with van der Waals surface area (Å²) in [6.45, 7) is 6.52. The van der Waals surface area contributed by atoms with Crippen LogP contribution in [-0.2, 0) is 16.6 Å². The van der Waals surface area contributed by atoms with E-state index < -0.39 is 16.0 Å². The van der Waals surface area contributed by atoms with Crippen LogP contribution < -0.4 is 4.72 Å². The quantitative estimate of drug-likeness (QED) is 0.780. The second-order valence-electron chi connectivity index (χ2n) is 5.83. The molecular weight excluding hydrogens is 282 g/mol. The molecule has 0 saturated carbocycles. The number of carbonyl (C=O) groups is 1. The number of carboxylic acids is 1. The smallest absolute Gasteiger partial charge is 0.356 e. The number of imidazole rings is 1. The molecule has 20 heavy (non-hydrogen) atoms. The molecular formula is C12H21N3O4S. The van der Waals surface area contributed by atoms with Crippen molar-refractivity contribution in [2.24, 2.45) is 5.41 Å².